The lowest BCUT2D eigenvalue weighted by molar-refractivity contribution is -0.118. The maximum Gasteiger partial charge on any atom is 0.286 e. The first-order valence-electron chi connectivity index (χ1n) is 10.4. The number of hydrogen-bond donors (Lipinski definition) is 2. The molecule has 2 fully saturated rings. The molecule has 4 atom stereocenters. The number of nitrogens with one attached hydrogen (secondary N) is 1. The number of benzene rings is 1. The van der Waals surface area contributed by atoms with Gasteiger partial charge in [-0.05, 0) is 61.1 Å². The van der Waals surface area contributed by atoms with Crippen LogP contribution in [0, 0.1) is 0 Å². The molecule has 1 aromatic heterocycles. The zero-order valence-electron chi connectivity index (χ0n) is 17.6. The Balaban J connectivity index is 1.55. The molecule has 2 heterocycles. The summed E-state index contributed by atoms with van der Waals surface area (Å²) in [7, 11) is 1.60. The van der Waals surface area contributed by atoms with E-state index in [2.05, 4.69) is 20.3 Å². The number of methoxy groups -OCH3 is 1. The van der Waals surface area contributed by atoms with E-state index >= 15 is 0 Å². The normalized spacial score (nSPS) is 25.8. The fourth-order valence-corrected chi connectivity index (χ4v) is 5.52. The van der Waals surface area contributed by atoms with E-state index in [0.29, 0.717) is 23.3 Å². The largest absolute Gasteiger partial charge is 0.495 e. The van der Waals surface area contributed by atoms with Gasteiger partial charge in [-0.25, -0.2) is 15.0 Å². The number of thioether (sulfide) groups is 1. The molecule has 1 aromatic carbocycles. The highest BCUT2D eigenvalue weighted by Gasteiger charge is 2.37. The van der Waals surface area contributed by atoms with Crippen LogP contribution in [0.2, 0.25) is 5.02 Å². The van der Waals surface area contributed by atoms with Crippen molar-refractivity contribution in [2.45, 2.75) is 48.9 Å². The van der Waals surface area contributed by atoms with Gasteiger partial charge in [-0.2, -0.15) is 0 Å². The van der Waals surface area contributed by atoms with Gasteiger partial charge in [0.2, 0.25) is 11.9 Å². The van der Waals surface area contributed by atoms with Crippen molar-refractivity contribution in [3.8, 4) is 5.75 Å². The molecule has 1 saturated heterocycles. The van der Waals surface area contributed by atoms with Gasteiger partial charge in [-0.1, -0.05) is 17.7 Å². The van der Waals surface area contributed by atoms with Crippen LogP contribution in [0.5, 0.6) is 5.75 Å². The molecule has 4 rings (SSSR count). The quantitative estimate of drug-likeness (QED) is 0.605. The Morgan fingerprint density at radius 1 is 1.25 bits per heavy atom. The van der Waals surface area contributed by atoms with E-state index in [1.165, 1.54) is 12.7 Å². The van der Waals surface area contributed by atoms with Crippen molar-refractivity contribution < 1.29 is 14.3 Å². The standard InChI is InChI=1S/C21H25ClN6O3S/c1-31-17-5-3-13(7-16(17)22)12-2-4-15(8-14(23)6-12)28(20-25-10-24-11-26-20)9-18-19(29)27-21(30)32-18/h3,5,7,10-12,14-15,18H,2,4,6,8-9,23H2,1H3,(H,27,29,30). The highest BCUT2D eigenvalue weighted by Crippen LogP contribution is 2.37. The van der Waals surface area contributed by atoms with E-state index in [9.17, 15) is 9.59 Å². The number of hydrogen-bond acceptors (Lipinski definition) is 9. The Bertz CT molecular complexity index is 981. The van der Waals surface area contributed by atoms with Crippen molar-refractivity contribution in [2.24, 2.45) is 5.73 Å². The summed E-state index contributed by atoms with van der Waals surface area (Å²) < 4.78 is 5.27. The van der Waals surface area contributed by atoms with Crippen LogP contribution in [0.4, 0.5) is 10.7 Å². The van der Waals surface area contributed by atoms with Gasteiger partial charge in [-0.15, -0.1) is 0 Å². The minimum atomic E-state index is -0.519. The van der Waals surface area contributed by atoms with Crippen molar-refractivity contribution in [3.63, 3.8) is 0 Å². The van der Waals surface area contributed by atoms with Gasteiger partial charge < -0.3 is 15.4 Å². The second-order valence-electron chi connectivity index (χ2n) is 8.03. The lowest BCUT2D eigenvalue weighted by Crippen LogP contribution is -2.45. The Kier molecular flexibility index (Phi) is 7.12. The number of anilines is 1. The summed E-state index contributed by atoms with van der Waals surface area (Å²) >= 11 is 7.35. The molecule has 1 saturated carbocycles. The smallest absolute Gasteiger partial charge is 0.286 e. The van der Waals surface area contributed by atoms with Gasteiger partial charge >= 0.3 is 0 Å². The lowest BCUT2D eigenvalue weighted by atomic mass is 9.90. The summed E-state index contributed by atoms with van der Waals surface area (Å²) in [6, 6.07) is 5.85. The Labute approximate surface area is 195 Å². The van der Waals surface area contributed by atoms with Crippen LogP contribution in [-0.4, -0.2) is 57.1 Å². The van der Waals surface area contributed by atoms with Crippen LogP contribution in [0.3, 0.4) is 0 Å². The third kappa shape index (κ3) is 5.13. The van der Waals surface area contributed by atoms with Gasteiger partial charge in [0.1, 0.15) is 23.7 Å². The van der Waals surface area contributed by atoms with Crippen LogP contribution in [-0.2, 0) is 4.79 Å². The van der Waals surface area contributed by atoms with Gasteiger partial charge in [-0.3, -0.25) is 14.9 Å². The highest BCUT2D eigenvalue weighted by atomic mass is 35.5. The Morgan fingerprint density at radius 2 is 2.03 bits per heavy atom. The third-order valence-electron chi connectivity index (χ3n) is 5.96. The fourth-order valence-electron chi connectivity index (χ4n) is 4.43. The summed E-state index contributed by atoms with van der Waals surface area (Å²) in [5.74, 6) is 1.09. The fraction of sp³-hybridized carbons (Fsp3) is 0.476. The number of rotatable bonds is 6. The van der Waals surface area contributed by atoms with E-state index in [1.807, 2.05) is 23.1 Å². The van der Waals surface area contributed by atoms with Crippen molar-refractivity contribution in [1.29, 1.82) is 0 Å². The molecule has 2 aromatic rings. The molecule has 0 spiro atoms. The maximum atomic E-state index is 12.2. The maximum absolute atomic E-state index is 12.2. The van der Waals surface area contributed by atoms with Crippen LogP contribution < -0.4 is 20.7 Å². The number of imide groups is 1. The molecular weight excluding hydrogens is 452 g/mol. The topological polar surface area (TPSA) is 123 Å². The first kappa shape index (κ1) is 22.8. The van der Waals surface area contributed by atoms with E-state index in [4.69, 9.17) is 22.1 Å². The Morgan fingerprint density at radius 3 is 2.69 bits per heavy atom. The number of carbonyl (C=O) groups excluding carboxylic acids is 2. The summed E-state index contributed by atoms with van der Waals surface area (Å²) in [5, 5.41) is 2.08. The predicted octanol–water partition coefficient (Wildman–Crippen LogP) is 2.75. The average molecular weight is 477 g/mol. The second-order valence-corrected chi connectivity index (χ2v) is 9.61. The van der Waals surface area contributed by atoms with Crippen LogP contribution in [0.1, 0.15) is 37.2 Å². The highest BCUT2D eigenvalue weighted by molar-refractivity contribution is 8.15. The molecule has 11 heteroatoms. The number of ether oxygens (including phenoxy) is 1. The monoisotopic (exact) mass is 476 g/mol. The average Bonchev–Trinajstić information content (AvgIpc) is 2.98. The number of aromatic nitrogens is 3. The number of nitrogens with zero attached hydrogens (tertiary/aromatic N) is 4. The minimum absolute atomic E-state index is 0.0234. The molecule has 1 aliphatic heterocycles. The zero-order chi connectivity index (χ0) is 22.7. The van der Waals surface area contributed by atoms with Gasteiger partial charge in [0, 0.05) is 18.6 Å². The van der Waals surface area contributed by atoms with Crippen molar-refractivity contribution in [1.82, 2.24) is 20.3 Å². The van der Waals surface area contributed by atoms with Gasteiger partial charge in [0.15, 0.2) is 0 Å². The summed E-state index contributed by atoms with van der Waals surface area (Å²) in [4.78, 5) is 38.4. The number of nitrogens with two attached hydrogens (primary N) is 1. The lowest BCUT2D eigenvalue weighted by Gasteiger charge is -2.33. The number of amides is 2. The molecular formula is C21H25ClN6O3S. The summed E-state index contributed by atoms with van der Waals surface area (Å²) in [6.07, 6.45) is 6.13. The van der Waals surface area contributed by atoms with E-state index < -0.39 is 5.25 Å². The van der Waals surface area contributed by atoms with Gasteiger partial charge in [0.25, 0.3) is 5.24 Å². The SMILES string of the molecule is COc1ccc(C2CCC(N(CC3SC(=O)NC3=O)c3ncncn3)CC(N)C2)cc1Cl. The van der Waals surface area contributed by atoms with Crippen LogP contribution >= 0.6 is 23.4 Å². The molecule has 0 radical (unpaired) electrons. The molecule has 170 valence electrons. The minimum Gasteiger partial charge on any atom is -0.495 e. The first-order chi connectivity index (χ1) is 15.4. The van der Waals surface area contributed by atoms with Gasteiger partial charge in [0.05, 0.1) is 12.1 Å². The predicted molar refractivity (Wildman–Crippen MR) is 123 cm³/mol. The first-order valence-corrected chi connectivity index (χ1v) is 11.7. The number of carbonyl (C=O) groups is 2. The molecule has 3 N–H and O–H groups in total. The van der Waals surface area contributed by atoms with Crippen molar-refractivity contribution >= 4 is 40.5 Å². The van der Waals surface area contributed by atoms with Crippen molar-refractivity contribution in [2.75, 3.05) is 18.6 Å². The van der Waals surface area contributed by atoms with Crippen LogP contribution in [0.25, 0.3) is 0 Å². The van der Waals surface area contributed by atoms with Crippen LogP contribution in [0.15, 0.2) is 30.9 Å². The second kappa shape index (κ2) is 10.0. The molecule has 4 unspecified atom stereocenters. The molecule has 0 bridgehead atoms. The van der Waals surface area contributed by atoms with Crippen molar-refractivity contribution in [3.05, 3.63) is 41.4 Å². The third-order valence-corrected chi connectivity index (χ3v) is 7.22. The van der Waals surface area contributed by atoms with E-state index in [1.54, 1.807) is 7.11 Å². The van der Waals surface area contributed by atoms with E-state index in [0.717, 1.165) is 43.0 Å². The van der Waals surface area contributed by atoms with E-state index in [-0.39, 0.29) is 29.1 Å². The zero-order valence-corrected chi connectivity index (χ0v) is 19.2. The molecule has 2 aliphatic rings. The molecule has 9 nitrogen and oxygen atoms in total. The molecule has 2 amide bonds. The Hall–Kier alpha value is -2.43. The molecule has 1 aliphatic carbocycles. The number of halogens is 1. The summed E-state index contributed by atoms with van der Waals surface area (Å²) in [6.45, 7) is 0.322. The molecule has 32 heavy (non-hydrogen) atoms. The summed E-state index contributed by atoms with van der Waals surface area (Å²) in [5.41, 5.74) is 7.68.